The van der Waals surface area contributed by atoms with E-state index in [1.54, 1.807) is 4.68 Å². The van der Waals surface area contributed by atoms with Gasteiger partial charge in [-0.2, -0.15) is 5.10 Å². The van der Waals surface area contributed by atoms with Crippen LogP contribution in [0, 0.1) is 5.92 Å². The van der Waals surface area contributed by atoms with Gasteiger partial charge in [-0.15, -0.1) is 0 Å². The molecule has 120 valence electrons. The van der Waals surface area contributed by atoms with E-state index in [2.05, 4.69) is 5.10 Å². The molecule has 0 spiro atoms. The third-order valence-electron chi connectivity index (χ3n) is 4.89. The van der Waals surface area contributed by atoms with Crippen molar-refractivity contribution in [3.63, 3.8) is 0 Å². The molecule has 22 heavy (non-hydrogen) atoms. The number of aromatic nitrogens is 2. The highest BCUT2D eigenvalue weighted by Gasteiger charge is 2.32. The van der Waals surface area contributed by atoms with Gasteiger partial charge in [0.15, 0.2) is 5.69 Å². The number of ether oxygens (including phenoxy) is 1. The maximum absolute atomic E-state index is 12.7. The smallest absolute Gasteiger partial charge is 0.358 e. The van der Waals surface area contributed by atoms with E-state index in [1.807, 2.05) is 11.9 Å². The Morgan fingerprint density at radius 2 is 1.95 bits per heavy atom. The van der Waals surface area contributed by atoms with Gasteiger partial charge in [-0.25, -0.2) is 4.79 Å². The molecule has 6 nitrogen and oxygen atoms in total. The molecule has 0 saturated heterocycles. The Hall–Kier alpha value is -1.85. The fourth-order valence-corrected chi connectivity index (χ4v) is 3.63. The summed E-state index contributed by atoms with van der Waals surface area (Å²) >= 11 is 0. The largest absolute Gasteiger partial charge is 0.464 e. The predicted octanol–water partition coefficient (Wildman–Crippen LogP) is 1.67. The zero-order valence-corrected chi connectivity index (χ0v) is 13.3. The summed E-state index contributed by atoms with van der Waals surface area (Å²) < 4.78 is 6.50. The SMILES string of the molecule is COC(=O)c1nn(C)c2c1CCN(C(=O)C1CCCCC1)C2. The summed E-state index contributed by atoms with van der Waals surface area (Å²) in [6, 6.07) is 0. The molecule has 1 aromatic rings. The van der Waals surface area contributed by atoms with Crippen molar-refractivity contribution >= 4 is 11.9 Å². The highest BCUT2D eigenvalue weighted by molar-refractivity contribution is 5.89. The Morgan fingerprint density at radius 3 is 2.64 bits per heavy atom. The van der Waals surface area contributed by atoms with Crippen molar-refractivity contribution in [2.24, 2.45) is 13.0 Å². The van der Waals surface area contributed by atoms with Gasteiger partial charge in [0.05, 0.1) is 19.3 Å². The molecule has 1 aliphatic heterocycles. The van der Waals surface area contributed by atoms with Gasteiger partial charge < -0.3 is 9.64 Å². The Balaban J connectivity index is 1.77. The molecule has 6 heteroatoms. The minimum absolute atomic E-state index is 0.184. The molecule has 0 radical (unpaired) electrons. The molecular weight excluding hydrogens is 282 g/mol. The summed E-state index contributed by atoms with van der Waals surface area (Å²) in [7, 11) is 3.19. The zero-order chi connectivity index (χ0) is 15.7. The van der Waals surface area contributed by atoms with E-state index in [0.29, 0.717) is 25.2 Å². The molecule has 0 unspecified atom stereocenters. The van der Waals surface area contributed by atoms with Gasteiger partial charge in [-0.1, -0.05) is 19.3 Å². The van der Waals surface area contributed by atoms with Gasteiger partial charge in [0, 0.05) is 25.1 Å². The molecular formula is C16H23N3O3. The van der Waals surface area contributed by atoms with Crippen molar-refractivity contribution in [3.05, 3.63) is 17.0 Å². The second kappa shape index (κ2) is 6.10. The summed E-state index contributed by atoms with van der Waals surface area (Å²) in [6.07, 6.45) is 6.27. The van der Waals surface area contributed by atoms with Crippen molar-refractivity contribution in [2.75, 3.05) is 13.7 Å². The Labute approximate surface area is 130 Å². The molecule has 1 fully saturated rings. The van der Waals surface area contributed by atoms with Crippen LogP contribution in [0.15, 0.2) is 0 Å². The van der Waals surface area contributed by atoms with E-state index in [0.717, 1.165) is 36.9 Å². The van der Waals surface area contributed by atoms with Crippen molar-refractivity contribution in [3.8, 4) is 0 Å². The highest BCUT2D eigenvalue weighted by Crippen LogP contribution is 2.29. The molecule has 0 bridgehead atoms. The van der Waals surface area contributed by atoms with Crippen LogP contribution < -0.4 is 0 Å². The zero-order valence-electron chi connectivity index (χ0n) is 13.3. The van der Waals surface area contributed by atoms with Gasteiger partial charge in [-0.05, 0) is 19.3 Å². The Kier molecular flexibility index (Phi) is 4.18. The van der Waals surface area contributed by atoms with Crippen molar-refractivity contribution < 1.29 is 14.3 Å². The lowest BCUT2D eigenvalue weighted by molar-refractivity contribution is -0.137. The van der Waals surface area contributed by atoms with Crippen molar-refractivity contribution in [2.45, 2.75) is 45.1 Å². The van der Waals surface area contributed by atoms with Crippen LogP contribution in [0.25, 0.3) is 0 Å². The number of rotatable bonds is 2. The van der Waals surface area contributed by atoms with Crippen LogP contribution in [0.4, 0.5) is 0 Å². The number of hydrogen-bond donors (Lipinski definition) is 0. The Bertz CT molecular complexity index is 588. The standard InChI is InChI=1S/C16H23N3O3/c1-18-13-10-19(15(20)11-6-4-3-5-7-11)9-8-12(13)14(17-18)16(21)22-2/h11H,3-10H2,1-2H3. The van der Waals surface area contributed by atoms with Crippen LogP contribution in [-0.4, -0.2) is 40.2 Å². The second-order valence-electron chi connectivity index (χ2n) is 6.23. The monoisotopic (exact) mass is 305 g/mol. The number of carbonyl (C=O) groups is 2. The minimum Gasteiger partial charge on any atom is -0.464 e. The van der Waals surface area contributed by atoms with E-state index in [1.165, 1.54) is 13.5 Å². The fourth-order valence-electron chi connectivity index (χ4n) is 3.63. The maximum atomic E-state index is 12.7. The molecule has 0 aromatic carbocycles. The van der Waals surface area contributed by atoms with Crippen LogP contribution in [0.1, 0.15) is 53.8 Å². The van der Waals surface area contributed by atoms with Crippen molar-refractivity contribution in [1.82, 2.24) is 14.7 Å². The summed E-state index contributed by atoms with van der Waals surface area (Å²) in [5.41, 5.74) is 2.28. The first-order valence-electron chi connectivity index (χ1n) is 8.03. The maximum Gasteiger partial charge on any atom is 0.358 e. The molecule has 1 aromatic heterocycles. The molecule has 0 N–H and O–H groups in total. The van der Waals surface area contributed by atoms with E-state index in [-0.39, 0.29) is 11.8 Å². The lowest BCUT2D eigenvalue weighted by atomic mass is 9.87. The highest BCUT2D eigenvalue weighted by atomic mass is 16.5. The number of methoxy groups -OCH3 is 1. The average Bonchev–Trinajstić information content (AvgIpc) is 2.90. The molecule has 1 amide bonds. The number of amides is 1. The van der Waals surface area contributed by atoms with Crippen LogP contribution >= 0.6 is 0 Å². The quantitative estimate of drug-likeness (QED) is 0.780. The van der Waals surface area contributed by atoms with E-state index < -0.39 is 5.97 Å². The van der Waals surface area contributed by atoms with Gasteiger partial charge in [-0.3, -0.25) is 9.48 Å². The fraction of sp³-hybridized carbons (Fsp3) is 0.688. The number of esters is 1. The first kappa shape index (κ1) is 15.1. The summed E-state index contributed by atoms with van der Waals surface area (Å²) in [5, 5.41) is 4.27. The summed E-state index contributed by atoms with van der Waals surface area (Å²) in [5.74, 6) is 0.0543. The number of hydrogen-bond acceptors (Lipinski definition) is 4. The number of fused-ring (bicyclic) bond motifs is 1. The normalized spacial score (nSPS) is 18.9. The lowest BCUT2D eigenvalue weighted by Gasteiger charge is -2.32. The molecule has 2 aliphatic rings. The predicted molar refractivity (Wildman–Crippen MR) is 80.2 cm³/mol. The van der Waals surface area contributed by atoms with Crippen LogP contribution in [-0.2, 0) is 29.5 Å². The first-order valence-corrected chi connectivity index (χ1v) is 8.03. The Morgan fingerprint density at radius 1 is 1.23 bits per heavy atom. The summed E-state index contributed by atoms with van der Waals surface area (Å²) in [4.78, 5) is 26.4. The van der Waals surface area contributed by atoms with Gasteiger partial charge in [0.25, 0.3) is 0 Å². The van der Waals surface area contributed by atoms with Gasteiger partial charge in [0.2, 0.25) is 5.91 Å². The molecule has 1 aliphatic carbocycles. The first-order chi connectivity index (χ1) is 10.6. The topological polar surface area (TPSA) is 64.4 Å². The van der Waals surface area contributed by atoms with E-state index in [4.69, 9.17) is 4.74 Å². The average molecular weight is 305 g/mol. The van der Waals surface area contributed by atoms with Gasteiger partial charge >= 0.3 is 5.97 Å². The minimum atomic E-state index is -0.399. The van der Waals surface area contributed by atoms with Crippen LogP contribution in [0.3, 0.4) is 0 Å². The van der Waals surface area contributed by atoms with Crippen LogP contribution in [0.2, 0.25) is 0 Å². The lowest BCUT2D eigenvalue weighted by Crippen LogP contribution is -2.41. The van der Waals surface area contributed by atoms with Gasteiger partial charge in [0.1, 0.15) is 0 Å². The number of aryl methyl sites for hydroxylation is 1. The molecule has 1 saturated carbocycles. The van der Waals surface area contributed by atoms with Crippen LogP contribution in [0.5, 0.6) is 0 Å². The third-order valence-corrected chi connectivity index (χ3v) is 4.89. The third kappa shape index (κ3) is 2.62. The summed E-state index contributed by atoms with van der Waals surface area (Å²) in [6.45, 7) is 1.21. The van der Waals surface area contributed by atoms with E-state index >= 15 is 0 Å². The number of nitrogens with zero attached hydrogens (tertiary/aromatic N) is 3. The second-order valence-corrected chi connectivity index (χ2v) is 6.23. The number of carbonyl (C=O) groups excluding carboxylic acids is 2. The molecule has 0 atom stereocenters. The molecule has 3 rings (SSSR count). The van der Waals surface area contributed by atoms with E-state index in [9.17, 15) is 9.59 Å². The molecule has 2 heterocycles. The van der Waals surface area contributed by atoms with Crippen molar-refractivity contribution in [1.29, 1.82) is 0 Å².